The summed E-state index contributed by atoms with van der Waals surface area (Å²) in [6.45, 7) is 1.04. The number of hydrogen-bond acceptors (Lipinski definition) is 12. The number of carbonyl (C=O) groups is 1. The number of anilines is 2. The minimum absolute atomic E-state index is 0.0979. The molecule has 15 nitrogen and oxygen atoms in total. The van der Waals surface area contributed by atoms with Crippen LogP contribution in [0, 0.1) is 10.1 Å². The molecule has 3 aromatic heterocycles. The molecule has 0 amide bonds. The number of halogens is 1. The van der Waals surface area contributed by atoms with E-state index in [0.29, 0.717) is 63.5 Å². The molecule has 0 saturated heterocycles. The average Bonchev–Trinajstić information content (AvgIpc) is 3.61. The lowest BCUT2D eigenvalue weighted by molar-refractivity contribution is -0.880. The Morgan fingerprint density at radius 1 is 1.09 bits per heavy atom. The second-order valence-electron chi connectivity index (χ2n) is 13.2. The number of hydrogen-bond donors (Lipinski definition) is 1. The Balaban J connectivity index is 1.29. The second kappa shape index (κ2) is 16.1. The number of aromatic nitrogens is 5. The van der Waals surface area contributed by atoms with E-state index in [1.807, 2.05) is 38.4 Å². The van der Waals surface area contributed by atoms with Gasteiger partial charge in [0.05, 0.1) is 52.0 Å². The van der Waals surface area contributed by atoms with Gasteiger partial charge in [-0.3, -0.25) is 14.2 Å². The molecule has 54 heavy (non-hydrogen) atoms. The predicted molar refractivity (Wildman–Crippen MR) is 205 cm³/mol. The van der Waals surface area contributed by atoms with Gasteiger partial charge in [-0.25, -0.2) is 15.0 Å². The molecule has 0 aliphatic carbocycles. The SMILES string of the molecule is COc1cc(OC)c(Cl)c(-c2cc3cnc(Nc4ccncn4)nc3n(Cc3cccc(CC(=O)/C=C/C[N+](C)(C)CC4=C([N+](=O)[O-])N=CC4)c3)c2=O)c1. The number of likely N-dealkylation sites (N-methyl/N-ethyl adjacent to an activating group) is 1. The van der Waals surface area contributed by atoms with Crippen LogP contribution >= 0.6 is 11.6 Å². The number of aliphatic imine (C=N–C) groups is 1. The van der Waals surface area contributed by atoms with Crippen molar-refractivity contribution in [1.29, 1.82) is 0 Å². The van der Waals surface area contributed by atoms with Crippen LogP contribution in [0.25, 0.3) is 22.2 Å². The van der Waals surface area contributed by atoms with Gasteiger partial charge in [0.2, 0.25) is 5.95 Å². The van der Waals surface area contributed by atoms with Crippen molar-refractivity contribution in [2.24, 2.45) is 4.99 Å². The maximum Gasteiger partial charge on any atom is 0.368 e. The molecule has 0 bridgehead atoms. The van der Waals surface area contributed by atoms with Crippen LogP contribution in [-0.2, 0) is 17.8 Å². The van der Waals surface area contributed by atoms with Crippen LogP contribution in [-0.4, -0.2) is 87.3 Å². The van der Waals surface area contributed by atoms with E-state index in [-0.39, 0.29) is 46.7 Å². The van der Waals surface area contributed by atoms with Crippen LogP contribution in [0.3, 0.4) is 0 Å². The number of ketones is 1. The molecule has 0 saturated carbocycles. The Morgan fingerprint density at radius 3 is 2.65 bits per heavy atom. The number of quaternary nitrogens is 1. The molecule has 0 atom stereocenters. The van der Waals surface area contributed by atoms with Gasteiger partial charge in [-0.2, -0.15) is 4.98 Å². The van der Waals surface area contributed by atoms with Crippen molar-refractivity contribution < 1.29 is 23.7 Å². The summed E-state index contributed by atoms with van der Waals surface area (Å²) in [5, 5.41) is 15.2. The van der Waals surface area contributed by atoms with Crippen molar-refractivity contribution in [2.75, 3.05) is 46.7 Å². The fourth-order valence-corrected chi connectivity index (χ4v) is 6.43. The summed E-state index contributed by atoms with van der Waals surface area (Å²) in [4.78, 5) is 59.6. The fourth-order valence-electron chi connectivity index (χ4n) is 6.14. The minimum Gasteiger partial charge on any atom is -0.497 e. The second-order valence-corrected chi connectivity index (χ2v) is 13.6. The van der Waals surface area contributed by atoms with E-state index in [1.54, 1.807) is 48.9 Å². The highest BCUT2D eigenvalue weighted by Crippen LogP contribution is 2.38. The summed E-state index contributed by atoms with van der Waals surface area (Å²) < 4.78 is 12.9. The zero-order chi connectivity index (χ0) is 38.4. The summed E-state index contributed by atoms with van der Waals surface area (Å²) in [7, 11) is 6.89. The standard InChI is InChI=1S/C38H36ClN9O6/c1-48(2,22-26-10-13-41-35(26)47(51)52)14-6-9-28(49)16-24-7-5-8-25(15-24)21-46-36-27(20-42-38(45-36)44-33-11-12-40-23-43-33)17-31(37(46)50)30-18-29(53-3)19-32(54-4)34(30)39/h5-9,11-13,15,17-20,23H,10,14,16,21-22H2,1-4H3/p+1/b9-6+. The van der Waals surface area contributed by atoms with Crippen molar-refractivity contribution in [3.05, 3.63) is 127 Å². The Kier molecular flexibility index (Phi) is 11.2. The average molecular weight is 751 g/mol. The molecule has 5 aromatic rings. The summed E-state index contributed by atoms with van der Waals surface area (Å²) in [5.41, 5.74) is 2.86. The maximum atomic E-state index is 14.4. The van der Waals surface area contributed by atoms with E-state index in [0.717, 1.165) is 11.1 Å². The van der Waals surface area contributed by atoms with Gasteiger partial charge in [0, 0.05) is 47.8 Å². The van der Waals surface area contributed by atoms with Crippen LogP contribution in [0.2, 0.25) is 5.02 Å². The van der Waals surface area contributed by atoms with Crippen molar-refractivity contribution in [2.45, 2.75) is 19.4 Å². The van der Waals surface area contributed by atoms with Gasteiger partial charge in [-0.05, 0) is 46.4 Å². The molecule has 2 aromatic carbocycles. The number of benzene rings is 2. The molecule has 6 rings (SSSR count). The predicted octanol–water partition coefficient (Wildman–Crippen LogP) is 5.42. The van der Waals surface area contributed by atoms with Crippen molar-refractivity contribution >= 4 is 46.4 Å². The first-order valence-electron chi connectivity index (χ1n) is 16.8. The van der Waals surface area contributed by atoms with E-state index in [1.165, 1.54) is 31.2 Å². The van der Waals surface area contributed by atoms with E-state index in [2.05, 4.69) is 25.3 Å². The number of rotatable bonds is 15. The zero-order valence-electron chi connectivity index (χ0n) is 30.0. The minimum atomic E-state index is -0.459. The van der Waals surface area contributed by atoms with Crippen LogP contribution in [0.1, 0.15) is 17.5 Å². The number of allylic oxidation sites excluding steroid dienone is 1. The highest BCUT2D eigenvalue weighted by Gasteiger charge is 2.28. The Morgan fingerprint density at radius 2 is 1.91 bits per heavy atom. The zero-order valence-corrected chi connectivity index (χ0v) is 30.8. The fraction of sp³-hybridized carbons (Fsp3) is 0.237. The Bertz CT molecular complexity index is 2390. The number of nitro groups is 1. The van der Waals surface area contributed by atoms with Crippen molar-refractivity contribution in [1.82, 2.24) is 24.5 Å². The highest BCUT2D eigenvalue weighted by atomic mass is 35.5. The van der Waals surface area contributed by atoms with Gasteiger partial charge >= 0.3 is 5.82 Å². The van der Waals surface area contributed by atoms with Gasteiger partial charge in [0.25, 0.3) is 5.56 Å². The molecule has 1 aliphatic heterocycles. The van der Waals surface area contributed by atoms with Gasteiger partial charge in [-0.15, -0.1) is 0 Å². The third kappa shape index (κ3) is 8.65. The van der Waals surface area contributed by atoms with Gasteiger partial charge in [-0.1, -0.05) is 40.9 Å². The molecule has 16 heteroatoms. The summed E-state index contributed by atoms with van der Waals surface area (Å²) in [5.74, 6) is 1.29. The van der Waals surface area contributed by atoms with E-state index in [4.69, 9.17) is 26.1 Å². The maximum absolute atomic E-state index is 14.4. The number of nitrogens with one attached hydrogen (secondary N) is 1. The molecular formula is C38H37ClN9O6+. The Hall–Kier alpha value is -6.32. The van der Waals surface area contributed by atoms with Crippen LogP contribution < -0.4 is 20.3 Å². The molecule has 0 fully saturated rings. The largest absolute Gasteiger partial charge is 0.497 e. The first kappa shape index (κ1) is 37.4. The molecule has 0 spiro atoms. The molecular weight excluding hydrogens is 714 g/mol. The lowest BCUT2D eigenvalue weighted by Gasteiger charge is -2.28. The smallest absolute Gasteiger partial charge is 0.368 e. The first-order valence-corrected chi connectivity index (χ1v) is 17.2. The van der Waals surface area contributed by atoms with E-state index >= 15 is 0 Å². The van der Waals surface area contributed by atoms with Gasteiger partial charge < -0.3 is 29.4 Å². The normalized spacial score (nSPS) is 12.8. The number of pyridine rings is 1. The summed E-state index contributed by atoms with van der Waals surface area (Å²) in [6, 6.07) is 14.1. The molecule has 1 aliphatic rings. The number of nitrogens with zero attached hydrogens (tertiary/aromatic N) is 8. The lowest BCUT2D eigenvalue weighted by Crippen LogP contribution is -2.41. The van der Waals surface area contributed by atoms with E-state index in [9.17, 15) is 19.7 Å². The van der Waals surface area contributed by atoms with Gasteiger partial charge in [0.1, 0.15) is 42.1 Å². The third-order valence-electron chi connectivity index (χ3n) is 8.68. The van der Waals surface area contributed by atoms with Crippen LogP contribution in [0.4, 0.5) is 11.8 Å². The molecule has 0 radical (unpaired) electrons. The van der Waals surface area contributed by atoms with E-state index < -0.39 is 4.92 Å². The molecule has 4 heterocycles. The summed E-state index contributed by atoms with van der Waals surface area (Å²) >= 11 is 6.76. The lowest BCUT2D eigenvalue weighted by atomic mass is 10.0. The first-order chi connectivity index (χ1) is 25.9. The highest BCUT2D eigenvalue weighted by molar-refractivity contribution is 6.35. The quantitative estimate of drug-likeness (QED) is 0.0626. The number of methoxy groups -OCH3 is 2. The van der Waals surface area contributed by atoms with Gasteiger partial charge in [0.15, 0.2) is 5.78 Å². The van der Waals surface area contributed by atoms with Crippen molar-refractivity contribution in [3.8, 4) is 22.6 Å². The topological polar surface area (TPSA) is 177 Å². The van der Waals surface area contributed by atoms with Crippen LogP contribution in [0.5, 0.6) is 11.5 Å². The number of carbonyl (C=O) groups excluding carboxylic acids is 1. The number of ether oxygens (including phenoxy) is 2. The molecule has 0 unspecified atom stereocenters. The van der Waals surface area contributed by atoms with Crippen LogP contribution in [0.15, 0.2) is 101 Å². The molecule has 1 N–H and O–H groups in total. The van der Waals surface area contributed by atoms with Crippen molar-refractivity contribution in [3.63, 3.8) is 0 Å². The monoisotopic (exact) mass is 750 g/mol. The summed E-state index contributed by atoms with van der Waals surface area (Å²) in [6.07, 6.45) is 10.0. The Labute approximate surface area is 315 Å². The molecule has 276 valence electrons. The third-order valence-corrected chi connectivity index (χ3v) is 9.07. The number of fused-ring (bicyclic) bond motifs is 1.